The van der Waals surface area contributed by atoms with Crippen molar-refractivity contribution in [1.29, 1.82) is 0 Å². The van der Waals surface area contributed by atoms with Crippen LogP contribution in [0.2, 0.25) is 0 Å². The van der Waals surface area contributed by atoms with Gasteiger partial charge in [-0.1, -0.05) is 48.5 Å². The molecule has 3 aromatic carbocycles. The van der Waals surface area contributed by atoms with Gasteiger partial charge in [0.1, 0.15) is 19.0 Å². The minimum atomic E-state index is -0.298. The standard InChI is InChI=1S/C34H33NO5/c1-38-31-19-23(13-18-30(31)40-20-22-7-3-2-4-8-22)21-39-25-16-14-24(15-17-25)32-33-26(9-5-11-28(33)36)35-27-10-6-12-29(37)34(27)32/h2-4,7-8,13-19,32,35H,5-6,9-12,20-21H2,1H3. The van der Waals surface area contributed by atoms with Gasteiger partial charge in [-0.05, 0) is 66.6 Å². The molecule has 3 aliphatic rings. The number of benzene rings is 3. The van der Waals surface area contributed by atoms with Crippen LogP contribution in [0.1, 0.15) is 61.1 Å². The molecule has 0 saturated heterocycles. The molecule has 1 heterocycles. The minimum absolute atomic E-state index is 0.147. The van der Waals surface area contributed by atoms with Crippen LogP contribution in [0.3, 0.4) is 0 Å². The van der Waals surface area contributed by atoms with Gasteiger partial charge in [-0.25, -0.2) is 0 Å². The van der Waals surface area contributed by atoms with Gasteiger partial charge in [0, 0.05) is 41.3 Å². The van der Waals surface area contributed by atoms with Crippen molar-refractivity contribution in [2.75, 3.05) is 7.11 Å². The van der Waals surface area contributed by atoms with E-state index in [0.717, 1.165) is 70.7 Å². The predicted octanol–water partition coefficient (Wildman–Crippen LogP) is 6.55. The first-order valence-corrected chi connectivity index (χ1v) is 14.0. The van der Waals surface area contributed by atoms with Gasteiger partial charge in [0.15, 0.2) is 23.1 Å². The second kappa shape index (κ2) is 11.4. The Morgan fingerprint density at radius 2 is 1.35 bits per heavy atom. The van der Waals surface area contributed by atoms with Crippen LogP contribution in [0.5, 0.6) is 17.2 Å². The van der Waals surface area contributed by atoms with Crippen LogP contribution >= 0.6 is 0 Å². The molecule has 6 heteroatoms. The maximum Gasteiger partial charge on any atom is 0.161 e. The van der Waals surface area contributed by atoms with Crippen LogP contribution in [-0.2, 0) is 22.8 Å². The fraction of sp³-hybridized carbons (Fsp3) is 0.294. The Bertz CT molecular complexity index is 1440. The summed E-state index contributed by atoms with van der Waals surface area (Å²) in [5.74, 6) is 2.05. The normalized spacial score (nSPS) is 17.2. The lowest BCUT2D eigenvalue weighted by Gasteiger charge is -2.37. The zero-order valence-corrected chi connectivity index (χ0v) is 22.7. The fourth-order valence-corrected chi connectivity index (χ4v) is 5.90. The molecule has 0 radical (unpaired) electrons. The molecule has 1 aliphatic heterocycles. The monoisotopic (exact) mass is 535 g/mol. The molecule has 3 aromatic rings. The highest BCUT2D eigenvalue weighted by Crippen LogP contribution is 2.45. The summed E-state index contributed by atoms with van der Waals surface area (Å²) in [5, 5.41) is 3.47. The van der Waals surface area contributed by atoms with Crippen molar-refractivity contribution >= 4 is 11.6 Å². The molecule has 0 atom stereocenters. The summed E-state index contributed by atoms with van der Waals surface area (Å²) >= 11 is 0. The highest BCUT2D eigenvalue weighted by atomic mass is 16.5. The van der Waals surface area contributed by atoms with E-state index in [1.165, 1.54) is 0 Å². The molecule has 0 spiro atoms. The molecule has 0 unspecified atom stereocenters. The molecule has 6 rings (SSSR count). The van der Waals surface area contributed by atoms with E-state index in [9.17, 15) is 9.59 Å². The van der Waals surface area contributed by atoms with Crippen LogP contribution in [0.25, 0.3) is 0 Å². The van der Waals surface area contributed by atoms with E-state index in [0.29, 0.717) is 37.6 Å². The number of methoxy groups -OCH3 is 1. The quantitative estimate of drug-likeness (QED) is 0.352. The van der Waals surface area contributed by atoms with Gasteiger partial charge >= 0.3 is 0 Å². The Kier molecular flexibility index (Phi) is 7.41. The lowest BCUT2D eigenvalue weighted by atomic mass is 9.71. The summed E-state index contributed by atoms with van der Waals surface area (Å²) < 4.78 is 17.6. The Morgan fingerprint density at radius 3 is 2.00 bits per heavy atom. The molecular weight excluding hydrogens is 502 g/mol. The fourth-order valence-electron chi connectivity index (χ4n) is 5.90. The Balaban J connectivity index is 1.17. The SMILES string of the molecule is COc1cc(COc2ccc(C3C4=C(CCCC4=O)NC4=C3C(=O)CCC4)cc2)ccc1OCc1ccccc1. The summed E-state index contributed by atoms with van der Waals surface area (Å²) in [6.45, 7) is 0.827. The van der Waals surface area contributed by atoms with E-state index in [2.05, 4.69) is 5.32 Å². The summed E-state index contributed by atoms with van der Waals surface area (Å²) in [7, 11) is 1.63. The number of dihydropyridines is 1. The van der Waals surface area contributed by atoms with Crippen LogP contribution in [0.15, 0.2) is 95.3 Å². The molecule has 2 aliphatic carbocycles. The van der Waals surface area contributed by atoms with Gasteiger partial charge in [-0.2, -0.15) is 0 Å². The maximum absolute atomic E-state index is 13.0. The van der Waals surface area contributed by atoms with Crippen molar-refractivity contribution in [2.45, 2.75) is 57.7 Å². The van der Waals surface area contributed by atoms with Crippen molar-refractivity contribution in [3.8, 4) is 17.2 Å². The summed E-state index contributed by atoms with van der Waals surface area (Å²) in [4.78, 5) is 26.1. The van der Waals surface area contributed by atoms with E-state index < -0.39 is 0 Å². The molecule has 0 aromatic heterocycles. The Morgan fingerprint density at radius 1 is 0.700 bits per heavy atom. The number of Topliss-reactive ketones (excluding diaryl/α,β-unsaturated/α-hetero) is 2. The first kappa shape index (κ1) is 25.9. The molecule has 0 bridgehead atoms. The topological polar surface area (TPSA) is 73.9 Å². The first-order chi connectivity index (χ1) is 19.6. The van der Waals surface area contributed by atoms with Crippen molar-refractivity contribution in [3.05, 3.63) is 112 Å². The number of carbonyl (C=O) groups excluding carboxylic acids is 2. The first-order valence-electron chi connectivity index (χ1n) is 14.0. The number of ketones is 2. The predicted molar refractivity (Wildman–Crippen MR) is 152 cm³/mol. The highest BCUT2D eigenvalue weighted by molar-refractivity contribution is 6.06. The van der Waals surface area contributed by atoms with Gasteiger partial charge in [-0.15, -0.1) is 0 Å². The number of rotatable bonds is 8. The zero-order chi connectivity index (χ0) is 27.5. The minimum Gasteiger partial charge on any atom is -0.493 e. The second-order valence-electron chi connectivity index (χ2n) is 10.5. The van der Waals surface area contributed by atoms with Crippen molar-refractivity contribution in [1.82, 2.24) is 5.32 Å². The summed E-state index contributed by atoms with van der Waals surface area (Å²) in [6, 6.07) is 23.6. The highest BCUT2D eigenvalue weighted by Gasteiger charge is 2.40. The molecule has 204 valence electrons. The zero-order valence-electron chi connectivity index (χ0n) is 22.7. The third-order valence-electron chi connectivity index (χ3n) is 7.88. The third kappa shape index (κ3) is 5.26. The summed E-state index contributed by atoms with van der Waals surface area (Å²) in [6.07, 6.45) is 4.48. The van der Waals surface area contributed by atoms with Crippen molar-refractivity contribution in [2.24, 2.45) is 0 Å². The average Bonchev–Trinajstić information content (AvgIpc) is 2.99. The van der Waals surface area contributed by atoms with Gasteiger partial charge < -0.3 is 19.5 Å². The van der Waals surface area contributed by atoms with E-state index >= 15 is 0 Å². The second-order valence-corrected chi connectivity index (χ2v) is 10.5. The molecule has 1 N–H and O–H groups in total. The average molecular weight is 536 g/mol. The molecule has 6 nitrogen and oxygen atoms in total. The Labute approximate surface area is 234 Å². The number of ether oxygens (including phenoxy) is 3. The number of carbonyl (C=O) groups is 2. The van der Waals surface area contributed by atoms with E-state index in [1.54, 1.807) is 7.11 Å². The van der Waals surface area contributed by atoms with Gasteiger partial charge in [0.05, 0.1) is 7.11 Å². The van der Waals surface area contributed by atoms with Crippen molar-refractivity contribution in [3.63, 3.8) is 0 Å². The third-order valence-corrected chi connectivity index (χ3v) is 7.88. The van der Waals surface area contributed by atoms with Crippen molar-refractivity contribution < 1.29 is 23.8 Å². The maximum atomic E-state index is 13.0. The molecule has 0 fully saturated rings. The smallest absolute Gasteiger partial charge is 0.161 e. The van der Waals surface area contributed by atoms with Crippen LogP contribution in [0, 0.1) is 0 Å². The largest absolute Gasteiger partial charge is 0.493 e. The summed E-state index contributed by atoms with van der Waals surface area (Å²) in [5.41, 5.74) is 6.55. The van der Waals surface area contributed by atoms with Crippen LogP contribution in [0.4, 0.5) is 0 Å². The number of hydrogen-bond donors (Lipinski definition) is 1. The molecule has 0 saturated carbocycles. The van der Waals surface area contributed by atoms with Gasteiger partial charge in [-0.3, -0.25) is 9.59 Å². The number of allylic oxidation sites excluding steroid dienone is 4. The van der Waals surface area contributed by atoms with Crippen LogP contribution in [-0.4, -0.2) is 18.7 Å². The van der Waals surface area contributed by atoms with E-state index in [1.807, 2.05) is 72.8 Å². The van der Waals surface area contributed by atoms with Crippen LogP contribution < -0.4 is 19.5 Å². The van der Waals surface area contributed by atoms with E-state index in [4.69, 9.17) is 14.2 Å². The lowest BCUT2D eigenvalue weighted by Crippen LogP contribution is -2.36. The van der Waals surface area contributed by atoms with Gasteiger partial charge in [0.2, 0.25) is 0 Å². The lowest BCUT2D eigenvalue weighted by molar-refractivity contribution is -0.116. The molecule has 40 heavy (non-hydrogen) atoms. The molecule has 0 amide bonds. The van der Waals surface area contributed by atoms with Gasteiger partial charge in [0.25, 0.3) is 0 Å². The Hall–Kier alpha value is -4.32. The number of hydrogen-bond acceptors (Lipinski definition) is 6. The van der Waals surface area contributed by atoms with E-state index in [-0.39, 0.29) is 17.5 Å². The number of nitrogens with one attached hydrogen (secondary N) is 1. The molecular formula is C34H33NO5.